The van der Waals surface area contributed by atoms with Crippen LogP contribution in [0.15, 0.2) is 23.2 Å². The summed E-state index contributed by atoms with van der Waals surface area (Å²) in [7, 11) is 0. The molecule has 0 radical (unpaired) electrons. The highest BCUT2D eigenvalue weighted by molar-refractivity contribution is 8.01. The topological polar surface area (TPSA) is 57.4 Å². The molecule has 4 nitrogen and oxygen atoms in total. The van der Waals surface area contributed by atoms with E-state index in [-0.39, 0.29) is 5.54 Å². The third-order valence-electron chi connectivity index (χ3n) is 4.00. The fraction of sp³-hybridized carbons (Fsp3) is 0.529. The summed E-state index contributed by atoms with van der Waals surface area (Å²) in [4.78, 5) is 4.84. The number of nitrogens with one attached hydrogen (secondary N) is 1. The van der Waals surface area contributed by atoms with E-state index in [1.807, 2.05) is 6.07 Å². The number of ether oxygens (including phenoxy) is 1. The summed E-state index contributed by atoms with van der Waals surface area (Å²) in [5.41, 5.74) is 2.42. The van der Waals surface area contributed by atoms with E-state index >= 15 is 0 Å². The molecule has 0 saturated carbocycles. The van der Waals surface area contributed by atoms with Gasteiger partial charge in [-0.05, 0) is 44.9 Å². The van der Waals surface area contributed by atoms with Gasteiger partial charge in [0.15, 0.2) is 0 Å². The first-order valence-corrected chi connectivity index (χ1v) is 8.71. The molecule has 1 spiro atoms. The lowest BCUT2D eigenvalue weighted by molar-refractivity contribution is 0.136. The number of nitrogens with zero attached hydrogens (tertiary/aromatic N) is 2. The zero-order valence-corrected chi connectivity index (χ0v) is 14.1. The molecule has 5 heteroatoms. The van der Waals surface area contributed by atoms with Crippen molar-refractivity contribution in [2.24, 2.45) is 4.99 Å². The van der Waals surface area contributed by atoms with Gasteiger partial charge < -0.3 is 4.74 Å². The molecule has 0 amide bonds. The minimum Gasteiger partial charge on any atom is -0.456 e. The molecule has 0 bridgehead atoms. The van der Waals surface area contributed by atoms with Crippen molar-refractivity contribution in [2.45, 2.75) is 50.6 Å². The van der Waals surface area contributed by atoms with Crippen LogP contribution < -0.4 is 10.1 Å². The molecule has 0 aliphatic carbocycles. The second-order valence-electron chi connectivity index (χ2n) is 6.43. The Kier molecular flexibility index (Phi) is 3.92. The molecule has 2 aliphatic heterocycles. The van der Waals surface area contributed by atoms with Crippen molar-refractivity contribution in [2.75, 3.05) is 5.75 Å². The minimum absolute atomic E-state index is 0.0177. The maximum absolute atomic E-state index is 9.06. The number of hydrogen-bond donors (Lipinski definition) is 1. The Morgan fingerprint density at radius 2 is 2.27 bits per heavy atom. The maximum atomic E-state index is 9.06. The molecule has 116 valence electrons. The van der Waals surface area contributed by atoms with Crippen molar-refractivity contribution in [1.29, 1.82) is 5.26 Å². The molecule has 2 heterocycles. The first kappa shape index (κ1) is 15.4. The van der Waals surface area contributed by atoms with Crippen LogP contribution in [0, 0.1) is 11.3 Å². The number of nitriles is 1. The first-order valence-electron chi connectivity index (χ1n) is 7.72. The molecule has 22 heavy (non-hydrogen) atoms. The van der Waals surface area contributed by atoms with Gasteiger partial charge in [-0.2, -0.15) is 5.26 Å². The second-order valence-corrected chi connectivity index (χ2v) is 7.70. The average Bonchev–Trinajstić information content (AvgIpc) is 2.47. The van der Waals surface area contributed by atoms with Crippen LogP contribution in [0.4, 0.5) is 5.69 Å². The van der Waals surface area contributed by atoms with E-state index in [9.17, 15) is 0 Å². The van der Waals surface area contributed by atoms with E-state index in [0.29, 0.717) is 5.56 Å². The highest BCUT2D eigenvalue weighted by Gasteiger charge is 2.47. The fourth-order valence-corrected chi connectivity index (χ4v) is 4.57. The largest absolute Gasteiger partial charge is 0.456 e. The summed E-state index contributed by atoms with van der Waals surface area (Å²) in [6.45, 7) is 6.56. The molecule has 1 fully saturated rings. The molecule has 1 aromatic rings. The predicted molar refractivity (Wildman–Crippen MR) is 90.8 cm³/mol. The Bertz CT molecular complexity index is 662. The average molecular weight is 315 g/mol. The van der Waals surface area contributed by atoms with E-state index in [1.165, 1.54) is 0 Å². The van der Waals surface area contributed by atoms with Crippen LogP contribution >= 0.6 is 11.8 Å². The van der Waals surface area contributed by atoms with E-state index < -0.39 is 5.06 Å². The van der Waals surface area contributed by atoms with Crippen LogP contribution in [0.5, 0.6) is 5.75 Å². The molecule has 1 aromatic carbocycles. The molecule has 1 N–H and O–H groups in total. The van der Waals surface area contributed by atoms with E-state index in [1.54, 1.807) is 23.9 Å². The van der Waals surface area contributed by atoms with Crippen molar-refractivity contribution < 1.29 is 4.74 Å². The first-order chi connectivity index (χ1) is 10.5. The Morgan fingerprint density at radius 1 is 1.45 bits per heavy atom. The normalized spacial score (nSPS) is 25.8. The van der Waals surface area contributed by atoms with Gasteiger partial charge in [0.25, 0.3) is 0 Å². The Morgan fingerprint density at radius 3 is 2.95 bits per heavy atom. The van der Waals surface area contributed by atoms with Gasteiger partial charge in [0.05, 0.1) is 17.3 Å². The van der Waals surface area contributed by atoms with Gasteiger partial charge in [0.2, 0.25) is 5.06 Å². The lowest BCUT2D eigenvalue weighted by atomic mass is 9.99. The smallest absolute Gasteiger partial charge is 0.249 e. The lowest BCUT2D eigenvalue weighted by Crippen LogP contribution is -2.64. The van der Waals surface area contributed by atoms with Crippen molar-refractivity contribution in [3.8, 4) is 11.8 Å². The van der Waals surface area contributed by atoms with Gasteiger partial charge in [-0.15, -0.1) is 0 Å². The summed E-state index contributed by atoms with van der Waals surface area (Å²) in [5.74, 6) is 1.78. The molecule has 0 aromatic heterocycles. The third kappa shape index (κ3) is 2.73. The number of rotatable bonds is 2. The van der Waals surface area contributed by atoms with Gasteiger partial charge in [-0.25, -0.2) is 4.99 Å². The number of aliphatic imine (C=N–C) groups is 1. The van der Waals surface area contributed by atoms with Crippen molar-refractivity contribution in [1.82, 2.24) is 5.32 Å². The van der Waals surface area contributed by atoms with Gasteiger partial charge in [-0.1, -0.05) is 25.1 Å². The van der Waals surface area contributed by atoms with Crippen LogP contribution in [-0.4, -0.2) is 22.1 Å². The zero-order chi connectivity index (χ0) is 15.8. The van der Waals surface area contributed by atoms with Gasteiger partial charge >= 0.3 is 0 Å². The van der Waals surface area contributed by atoms with Crippen LogP contribution in [0.2, 0.25) is 0 Å². The molecule has 2 aliphatic rings. The van der Waals surface area contributed by atoms with Crippen LogP contribution in [0.25, 0.3) is 0 Å². The Labute approximate surface area is 136 Å². The van der Waals surface area contributed by atoms with Crippen molar-refractivity contribution >= 4 is 23.2 Å². The second kappa shape index (κ2) is 5.60. The lowest BCUT2D eigenvalue weighted by Gasteiger charge is -2.47. The van der Waals surface area contributed by atoms with E-state index in [4.69, 9.17) is 15.0 Å². The van der Waals surface area contributed by atoms with Crippen molar-refractivity contribution in [3.63, 3.8) is 0 Å². The number of benzene rings is 1. The van der Waals surface area contributed by atoms with Crippen molar-refractivity contribution in [3.05, 3.63) is 23.8 Å². The standard InChI is InChI=1S/C17H21N3OS/c1-4-5-15-17(20-16(2,3)8-9-22-17)21-14-7-6-12(11-18)10-13(14)19-15/h6-7,10,20H,4-5,8-9H2,1-3H3/t17-/m1/s1. The van der Waals surface area contributed by atoms with E-state index in [0.717, 1.165) is 42.2 Å². The highest BCUT2D eigenvalue weighted by atomic mass is 32.2. The minimum atomic E-state index is -0.571. The summed E-state index contributed by atoms with van der Waals surface area (Å²) >= 11 is 1.78. The quantitative estimate of drug-likeness (QED) is 0.897. The zero-order valence-electron chi connectivity index (χ0n) is 13.3. The number of hydrogen-bond acceptors (Lipinski definition) is 5. The molecule has 3 rings (SSSR count). The van der Waals surface area contributed by atoms with Gasteiger partial charge in [0.1, 0.15) is 11.4 Å². The van der Waals surface area contributed by atoms with Crippen LogP contribution in [-0.2, 0) is 0 Å². The van der Waals surface area contributed by atoms with Crippen LogP contribution in [0.1, 0.15) is 45.6 Å². The molecular formula is C17H21N3OS. The molecule has 0 unspecified atom stereocenters. The number of fused-ring (bicyclic) bond motifs is 1. The summed E-state index contributed by atoms with van der Waals surface area (Å²) in [6, 6.07) is 7.60. The SMILES string of the molecule is CCCC1=Nc2cc(C#N)ccc2O[C@]12NC(C)(C)CCS2. The maximum Gasteiger partial charge on any atom is 0.249 e. The van der Waals surface area contributed by atoms with E-state index in [2.05, 4.69) is 32.2 Å². The summed E-state index contributed by atoms with van der Waals surface area (Å²) in [5, 5.41) is 12.2. The van der Waals surface area contributed by atoms with Crippen LogP contribution in [0.3, 0.4) is 0 Å². The molecule has 1 saturated heterocycles. The van der Waals surface area contributed by atoms with Gasteiger partial charge in [-0.3, -0.25) is 5.32 Å². The monoisotopic (exact) mass is 315 g/mol. The van der Waals surface area contributed by atoms with Gasteiger partial charge in [0, 0.05) is 11.3 Å². The molecule has 1 atom stereocenters. The summed E-state index contributed by atoms with van der Waals surface area (Å²) in [6.07, 6.45) is 2.99. The Hall–Kier alpha value is -1.51. The predicted octanol–water partition coefficient (Wildman–Crippen LogP) is 3.98. The third-order valence-corrected chi connectivity index (χ3v) is 5.23. The highest BCUT2D eigenvalue weighted by Crippen LogP contribution is 2.44. The summed E-state index contributed by atoms with van der Waals surface area (Å²) < 4.78 is 6.37. The molecular weight excluding hydrogens is 294 g/mol. The fourth-order valence-electron chi connectivity index (χ4n) is 2.86. The number of thioether (sulfide) groups is 1. The Balaban J connectivity index is 2.05.